The van der Waals surface area contributed by atoms with Crippen molar-refractivity contribution in [3.05, 3.63) is 99.6 Å². The summed E-state index contributed by atoms with van der Waals surface area (Å²) in [4.78, 5) is 14.7. The molecule has 0 saturated heterocycles. The van der Waals surface area contributed by atoms with Crippen molar-refractivity contribution in [2.45, 2.75) is 33.0 Å². The molecule has 0 aliphatic rings. The number of rotatable bonds is 6. The van der Waals surface area contributed by atoms with Gasteiger partial charge in [-0.3, -0.25) is 0 Å². The molecule has 3 rings (SSSR count). The molecule has 0 aliphatic heterocycles. The number of amides is 2. The summed E-state index contributed by atoms with van der Waals surface area (Å²) in [6, 6.07) is 17.7. The van der Waals surface area contributed by atoms with Gasteiger partial charge in [-0.25, -0.2) is 4.79 Å². The molecule has 2 amide bonds. The minimum Gasteiger partial charge on any atom is -0.320 e. The topological polar surface area (TPSA) is 32.3 Å². The largest absolute Gasteiger partial charge is 0.416 e. The normalized spacial score (nSPS) is 11.3. The number of carbonyl (C=O) groups excluding carboxylic acids is 1. The van der Waals surface area contributed by atoms with Crippen LogP contribution < -0.4 is 5.32 Å². The van der Waals surface area contributed by atoms with E-state index in [0.717, 1.165) is 28.8 Å². The highest BCUT2D eigenvalue weighted by atomic mass is 35.5. The van der Waals surface area contributed by atoms with Crippen molar-refractivity contribution < 1.29 is 18.0 Å². The molecule has 0 bridgehead atoms. The van der Waals surface area contributed by atoms with Gasteiger partial charge in [0, 0.05) is 23.8 Å². The average molecular weight is 461 g/mol. The molecule has 0 unspecified atom stereocenters. The van der Waals surface area contributed by atoms with Crippen molar-refractivity contribution in [1.29, 1.82) is 0 Å². The van der Waals surface area contributed by atoms with Crippen LogP contribution in [-0.2, 0) is 19.1 Å². The molecule has 32 heavy (non-hydrogen) atoms. The molecule has 0 heterocycles. The highest BCUT2D eigenvalue weighted by molar-refractivity contribution is 6.31. The first-order chi connectivity index (χ1) is 15.1. The lowest BCUT2D eigenvalue weighted by atomic mass is 10.1. The molecule has 7 heteroatoms. The Hall–Kier alpha value is -2.99. The number of hydrogen-bond acceptors (Lipinski definition) is 1. The fourth-order valence-corrected chi connectivity index (χ4v) is 3.60. The Morgan fingerprint density at radius 2 is 1.75 bits per heavy atom. The van der Waals surface area contributed by atoms with E-state index in [-0.39, 0.29) is 25.5 Å². The van der Waals surface area contributed by atoms with Gasteiger partial charge in [0.1, 0.15) is 0 Å². The first kappa shape index (κ1) is 23.7. The van der Waals surface area contributed by atoms with Crippen LogP contribution >= 0.6 is 11.6 Å². The van der Waals surface area contributed by atoms with Crippen LogP contribution in [0, 0.1) is 13.8 Å². The van der Waals surface area contributed by atoms with Crippen LogP contribution in [0.5, 0.6) is 0 Å². The molecule has 0 fully saturated rings. The Balaban J connectivity index is 1.80. The molecular formula is C25H24ClF3N2O. The zero-order valence-electron chi connectivity index (χ0n) is 17.8. The van der Waals surface area contributed by atoms with Gasteiger partial charge in [0.15, 0.2) is 0 Å². The molecule has 3 aromatic rings. The maximum atomic E-state index is 13.1. The van der Waals surface area contributed by atoms with Gasteiger partial charge < -0.3 is 10.2 Å². The number of hydrogen-bond donors (Lipinski definition) is 1. The van der Waals surface area contributed by atoms with Crippen LogP contribution in [-0.4, -0.2) is 17.5 Å². The summed E-state index contributed by atoms with van der Waals surface area (Å²) in [5.41, 5.74) is 3.25. The maximum Gasteiger partial charge on any atom is 0.416 e. The molecular weight excluding hydrogens is 437 g/mol. The number of carbonyl (C=O) groups is 1. The monoisotopic (exact) mass is 460 g/mol. The van der Waals surface area contributed by atoms with Gasteiger partial charge in [-0.05, 0) is 55.2 Å². The van der Waals surface area contributed by atoms with Crippen molar-refractivity contribution in [2.24, 2.45) is 0 Å². The average Bonchev–Trinajstić information content (AvgIpc) is 2.74. The van der Waals surface area contributed by atoms with E-state index in [4.69, 9.17) is 11.6 Å². The zero-order valence-corrected chi connectivity index (χ0v) is 18.6. The Morgan fingerprint density at radius 1 is 1.00 bits per heavy atom. The second-order valence-corrected chi connectivity index (χ2v) is 8.12. The number of benzene rings is 3. The summed E-state index contributed by atoms with van der Waals surface area (Å²) in [5, 5.41) is 3.44. The molecule has 0 aliphatic carbocycles. The van der Waals surface area contributed by atoms with Crippen LogP contribution in [0.2, 0.25) is 5.02 Å². The lowest BCUT2D eigenvalue weighted by Crippen LogP contribution is -2.36. The zero-order chi connectivity index (χ0) is 23.3. The van der Waals surface area contributed by atoms with Crippen molar-refractivity contribution in [3.63, 3.8) is 0 Å². The van der Waals surface area contributed by atoms with E-state index in [0.29, 0.717) is 16.3 Å². The van der Waals surface area contributed by atoms with Crippen molar-refractivity contribution in [3.8, 4) is 0 Å². The highest BCUT2D eigenvalue weighted by Gasteiger charge is 2.30. The predicted molar refractivity (Wildman–Crippen MR) is 122 cm³/mol. The first-order valence-corrected chi connectivity index (χ1v) is 10.5. The Kier molecular flexibility index (Phi) is 7.46. The van der Waals surface area contributed by atoms with Crippen LogP contribution in [0.25, 0.3) is 0 Å². The summed E-state index contributed by atoms with van der Waals surface area (Å²) in [7, 11) is 0. The second-order valence-electron chi connectivity index (χ2n) is 7.71. The quantitative estimate of drug-likeness (QED) is 0.412. The number of alkyl halides is 3. The fourth-order valence-electron chi connectivity index (χ4n) is 3.40. The van der Waals surface area contributed by atoms with Crippen molar-refractivity contribution in [1.82, 2.24) is 4.90 Å². The molecule has 168 valence electrons. The third kappa shape index (κ3) is 6.26. The lowest BCUT2D eigenvalue weighted by Gasteiger charge is -2.24. The second kappa shape index (κ2) is 10.1. The summed E-state index contributed by atoms with van der Waals surface area (Å²) in [6.07, 6.45) is -4.14. The lowest BCUT2D eigenvalue weighted by molar-refractivity contribution is -0.137. The van der Waals surface area contributed by atoms with E-state index in [1.807, 2.05) is 44.2 Å². The van der Waals surface area contributed by atoms with E-state index >= 15 is 0 Å². The van der Waals surface area contributed by atoms with Gasteiger partial charge in [0.05, 0.1) is 5.56 Å². The van der Waals surface area contributed by atoms with Gasteiger partial charge in [0.2, 0.25) is 0 Å². The van der Waals surface area contributed by atoms with Gasteiger partial charge in [-0.2, -0.15) is 13.2 Å². The van der Waals surface area contributed by atoms with Crippen LogP contribution in [0.1, 0.15) is 27.8 Å². The van der Waals surface area contributed by atoms with Crippen LogP contribution in [0.15, 0.2) is 66.7 Å². The molecule has 0 atom stereocenters. The third-order valence-electron chi connectivity index (χ3n) is 5.15. The summed E-state index contributed by atoms with van der Waals surface area (Å²) in [6.45, 7) is 4.33. The number of halogens is 4. The third-order valence-corrected chi connectivity index (χ3v) is 5.52. The van der Waals surface area contributed by atoms with Crippen molar-refractivity contribution in [2.75, 3.05) is 11.9 Å². The van der Waals surface area contributed by atoms with Gasteiger partial charge >= 0.3 is 12.2 Å². The maximum absolute atomic E-state index is 13.1. The minimum atomic E-state index is -4.41. The Labute approximate surface area is 190 Å². The number of nitrogens with one attached hydrogen (secondary N) is 1. The van der Waals surface area contributed by atoms with Crippen molar-refractivity contribution >= 4 is 23.3 Å². The molecule has 3 nitrogen and oxygen atoms in total. The van der Waals surface area contributed by atoms with Crippen LogP contribution in [0.3, 0.4) is 0 Å². The highest BCUT2D eigenvalue weighted by Crippen LogP contribution is 2.29. The fraction of sp³-hybridized carbons (Fsp3) is 0.240. The van der Waals surface area contributed by atoms with E-state index in [1.165, 1.54) is 6.07 Å². The summed E-state index contributed by atoms with van der Waals surface area (Å²) < 4.78 is 39.1. The number of aryl methyl sites for hydroxylation is 2. The summed E-state index contributed by atoms with van der Waals surface area (Å²) >= 11 is 6.28. The Bertz CT molecular complexity index is 1100. The summed E-state index contributed by atoms with van der Waals surface area (Å²) in [5.74, 6) is 0. The van der Waals surface area contributed by atoms with Gasteiger partial charge in [-0.1, -0.05) is 65.7 Å². The predicted octanol–water partition coefficient (Wildman–Crippen LogP) is 7.25. The van der Waals surface area contributed by atoms with Gasteiger partial charge in [-0.15, -0.1) is 0 Å². The number of nitrogens with zero attached hydrogens (tertiary/aromatic N) is 1. The van der Waals surface area contributed by atoms with E-state index in [2.05, 4.69) is 5.32 Å². The van der Waals surface area contributed by atoms with Crippen LogP contribution in [0.4, 0.5) is 23.7 Å². The first-order valence-electron chi connectivity index (χ1n) is 10.2. The molecule has 3 aromatic carbocycles. The SMILES string of the molecule is Cc1ccc(NC(=O)N(CCc2cccc(C(F)(F)F)c2)Cc2ccccc2Cl)c(C)c1. The minimum absolute atomic E-state index is 0.225. The molecule has 0 aromatic heterocycles. The number of anilines is 1. The van der Waals surface area contributed by atoms with E-state index in [9.17, 15) is 18.0 Å². The molecule has 0 radical (unpaired) electrons. The molecule has 0 spiro atoms. The molecule has 0 saturated carbocycles. The smallest absolute Gasteiger partial charge is 0.320 e. The van der Waals surface area contributed by atoms with Gasteiger partial charge in [0.25, 0.3) is 0 Å². The standard InChI is InChI=1S/C25H24ClF3N2O/c1-17-10-11-23(18(2)14-17)30-24(32)31(16-20-7-3-4-9-22(20)26)13-12-19-6-5-8-21(15-19)25(27,28)29/h3-11,14-15H,12-13,16H2,1-2H3,(H,30,32). The Morgan fingerprint density at radius 3 is 2.44 bits per heavy atom. The molecule has 1 N–H and O–H groups in total. The van der Waals surface area contributed by atoms with E-state index in [1.54, 1.807) is 23.1 Å². The van der Waals surface area contributed by atoms with E-state index < -0.39 is 11.7 Å². The number of urea groups is 1.